The lowest BCUT2D eigenvalue weighted by atomic mass is 9.86. The second kappa shape index (κ2) is 7.88. The van der Waals surface area contributed by atoms with E-state index in [1.54, 1.807) is 26.1 Å². The van der Waals surface area contributed by atoms with Crippen molar-refractivity contribution in [3.63, 3.8) is 0 Å². The quantitative estimate of drug-likeness (QED) is 0.440. The van der Waals surface area contributed by atoms with Crippen molar-refractivity contribution in [1.82, 2.24) is 10.3 Å². The molecule has 1 saturated heterocycles. The third-order valence-electron chi connectivity index (χ3n) is 5.67. The van der Waals surface area contributed by atoms with Crippen LogP contribution in [-0.2, 0) is 11.2 Å². The summed E-state index contributed by atoms with van der Waals surface area (Å²) >= 11 is 0. The number of carboxylic acid groups (broad SMARTS) is 1. The lowest BCUT2D eigenvalue weighted by Crippen LogP contribution is -2.33. The first-order chi connectivity index (χ1) is 14.4. The van der Waals surface area contributed by atoms with Gasteiger partial charge in [0.2, 0.25) is 0 Å². The molecule has 2 N–H and O–H groups in total. The number of rotatable bonds is 8. The fraction of sp³-hybridized carbons (Fsp3) is 0.292. The van der Waals surface area contributed by atoms with E-state index in [4.69, 9.17) is 4.74 Å². The molecule has 2 heterocycles. The predicted octanol–water partition coefficient (Wildman–Crippen LogP) is 3.49. The standard InChI is InChI=1S/C24H24N2O4/c1-24(2,23(28)29)22-19(26-22)20(27)17-11-10-16-9-6-13-25-18(16)21(17)30-14-12-15-7-4-3-5-8-15/h3-11,13,19,22,26H,12,14H2,1-2H3,(H,28,29). The minimum Gasteiger partial charge on any atom is -0.490 e. The first kappa shape index (κ1) is 20.0. The zero-order valence-corrected chi connectivity index (χ0v) is 17.0. The SMILES string of the molecule is CC(C)(C(=O)O)C1NC1C(=O)c1ccc2cccnc2c1OCCc1ccccc1. The van der Waals surface area contributed by atoms with Gasteiger partial charge in [-0.1, -0.05) is 42.5 Å². The highest BCUT2D eigenvalue weighted by Gasteiger charge is 2.55. The number of Topliss-reactive ketones (excluding diaryl/α,β-unsaturated/α-hetero) is 1. The summed E-state index contributed by atoms with van der Waals surface area (Å²) in [4.78, 5) is 29.2. The van der Waals surface area contributed by atoms with Gasteiger partial charge in [-0.05, 0) is 31.5 Å². The highest BCUT2D eigenvalue weighted by molar-refractivity contribution is 6.08. The van der Waals surface area contributed by atoms with E-state index in [1.807, 2.05) is 48.5 Å². The van der Waals surface area contributed by atoms with Gasteiger partial charge in [0.1, 0.15) is 5.52 Å². The number of hydrogen-bond acceptors (Lipinski definition) is 5. The minimum atomic E-state index is -1.04. The zero-order chi connectivity index (χ0) is 21.3. The number of nitrogens with zero attached hydrogens (tertiary/aromatic N) is 1. The van der Waals surface area contributed by atoms with Crippen molar-refractivity contribution in [2.75, 3.05) is 6.61 Å². The Kier molecular flexibility index (Phi) is 5.26. The Bertz CT molecular complexity index is 1090. The molecule has 30 heavy (non-hydrogen) atoms. The lowest BCUT2D eigenvalue weighted by Gasteiger charge is -2.17. The van der Waals surface area contributed by atoms with Crippen LogP contribution in [0.2, 0.25) is 0 Å². The fourth-order valence-electron chi connectivity index (χ4n) is 3.66. The summed E-state index contributed by atoms with van der Waals surface area (Å²) in [6, 6.07) is 16.4. The monoisotopic (exact) mass is 404 g/mol. The maximum Gasteiger partial charge on any atom is 0.310 e. The lowest BCUT2D eigenvalue weighted by molar-refractivity contribution is -0.146. The maximum atomic E-state index is 13.2. The number of hydrogen-bond donors (Lipinski definition) is 2. The normalized spacial score (nSPS) is 18.2. The Morgan fingerprint density at radius 1 is 1.10 bits per heavy atom. The van der Waals surface area contributed by atoms with E-state index in [-0.39, 0.29) is 5.78 Å². The maximum absolute atomic E-state index is 13.2. The molecule has 6 nitrogen and oxygen atoms in total. The molecule has 2 atom stereocenters. The van der Waals surface area contributed by atoms with Gasteiger partial charge < -0.3 is 9.84 Å². The molecular weight excluding hydrogens is 380 g/mol. The number of carbonyl (C=O) groups is 2. The third kappa shape index (κ3) is 3.78. The first-order valence-corrected chi connectivity index (χ1v) is 9.97. The summed E-state index contributed by atoms with van der Waals surface area (Å²) < 4.78 is 6.09. The second-order valence-corrected chi connectivity index (χ2v) is 8.11. The molecule has 4 rings (SSSR count). The Hall–Kier alpha value is -3.25. The number of aromatic nitrogens is 1. The Labute approximate surface area is 174 Å². The van der Waals surface area contributed by atoms with E-state index < -0.39 is 23.5 Å². The predicted molar refractivity (Wildman–Crippen MR) is 114 cm³/mol. The topological polar surface area (TPSA) is 98.4 Å². The van der Waals surface area contributed by atoms with Crippen LogP contribution in [0, 0.1) is 5.41 Å². The summed E-state index contributed by atoms with van der Waals surface area (Å²) in [6.07, 6.45) is 2.38. The van der Waals surface area contributed by atoms with Gasteiger partial charge in [0.15, 0.2) is 11.5 Å². The molecule has 2 unspecified atom stereocenters. The fourth-order valence-corrected chi connectivity index (χ4v) is 3.66. The molecule has 1 aliphatic rings. The van der Waals surface area contributed by atoms with Crippen LogP contribution in [0.15, 0.2) is 60.8 Å². The molecule has 0 amide bonds. The van der Waals surface area contributed by atoms with Gasteiger partial charge in [0, 0.05) is 24.0 Å². The van der Waals surface area contributed by atoms with Crippen molar-refractivity contribution in [2.24, 2.45) is 5.41 Å². The minimum absolute atomic E-state index is 0.170. The number of nitrogens with one attached hydrogen (secondary N) is 1. The largest absolute Gasteiger partial charge is 0.490 e. The van der Waals surface area contributed by atoms with Gasteiger partial charge in [-0.15, -0.1) is 0 Å². The van der Waals surface area contributed by atoms with Gasteiger partial charge in [-0.2, -0.15) is 0 Å². The summed E-state index contributed by atoms with van der Waals surface area (Å²) in [5, 5.41) is 13.4. The van der Waals surface area contributed by atoms with Crippen molar-refractivity contribution in [3.8, 4) is 5.75 Å². The van der Waals surface area contributed by atoms with Gasteiger partial charge in [0.25, 0.3) is 0 Å². The van der Waals surface area contributed by atoms with Crippen LogP contribution in [0.4, 0.5) is 0 Å². The molecule has 1 fully saturated rings. The zero-order valence-electron chi connectivity index (χ0n) is 17.0. The van der Waals surface area contributed by atoms with Gasteiger partial charge in [-0.3, -0.25) is 19.9 Å². The van der Waals surface area contributed by atoms with Crippen molar-refractivity contribution in [1.29, 1.82) is 0 Å². The Balaban J connectivity index is 1.61. The highest BCUT2D eigenvalue weighted by atomic mass is 16.5. The van der Waals surface area contributed by atoms with Crippen LogP contribution in [0.1, 0.15) is 29.8 Å². The molecule has 0 radical (unpaired) electrons. The highest BCUT2D eigenvalue weighted by Crippen LogP contribution is 2.37. The second-order valence-electron chi connectivity index (χ2n) is 8.11. The van der Waals surface area contributed by atoms with E-state index in [1.165, 1.54) is 0 Å². The van der Waals surface area contributed by atoms with Crippen LogP contribution in [0.25, 0.3) is 10.9 Å². The van der Waals surface area contributed by atoms with E-state index in [0.717, 1.165) is 10.9 Å². The van der Waals surface area contributed by atoms with Crippen LogP contribution in [0.3, 0.4) is 0 Å². The van der Waals surface area contributed by atoms with Crippen molar-refractivity contribution >= 4 is 22.7 Å². The number of pyridine rings is 1. The van der Waals surface area contributed by atoms with Crippen LogP contribution < -0.4 is 10.1 Å². The molecule has 0 bridgehead atoms. The van der Waals surface area contributed by atoms with E-state index in [9.17, 15) is 14.7 Å². The summed E-state index contributed by atoms with van der Waals surface area (Å²) in [7, 11) is 0. The number of benzene rings is 2. The average Bonchev–Trinajstić information content (AvgIpc) is 3.56. The van der Waals surface area contributed by atoms with Crippen molar-refractivity contribution in [3.05, 3.63) is 71.9 Å². The number of ketones is 1. The molecule has 0 aliphatic carbocycles. The number of fused-ring (bicyclic) bond motifs is 1. The Morgan fingerprint density at radius 3 is 2.60 bits per heavy atom. The molecule has 2 aromatic carbocycles. The van der Waals surface area contributed by atoms with Gasteiger partial charge in [-0.25, -0.2) is 0 Å². The Morgan fingerprint density at radius 2 is 1.87 bits per heavy atom. The van der Waals surface area contributed by atoms with Gasteiger partial charge >= 0.3 is 5.97 Å². The van der Waals surface area contributed by atoms with Crippen LogP contribution in [0.5, 0.6) is 5.75 Å². The van der Waals surface area contributed by atoms with Crippen molar-refractivity contribution in [2.45, 2.75) is 32.4 Å². The smallest absolute Gasteiger partial charge is 0.310 e. The molecule has 0 spiro atoms. The number of ether oxygens (including phenoxy) is 1. The summed E-state index contributed by atoms with van der Waals surface area (Å²) in [6.45, 7) is 3.65. The molecule has 1 aromatic heterocycles. The summed E-state index contributed by atoms with van der Waals surface area (Å²) in [5.41, 5.74) is 1.16. The number of carboxylic acids is 1. The molecular formula is C24H24N2O4. The summed E-state index contributed by atoms with van der Waals surface area (Å²) in [5.74, 6) is -0.652. The molecule has 0 saturated carbocycles. The molecule has 3 aromatic rings. The third-order valence-corrected chi connectivity index (χ3v) is 5.67. The first-order valence-electron chi connectivity index (χ1n) is 9.97. The molecule has 154 valence electrons. The van der Waals surface area contributed by atoms with Crippen molar-refractivity contribution < 1.29 is 19.4 Å². The van der Waals surface area contributed by atoms with Crippen LogP contribution in [-0.4, -0.2) is 40.5 Å². The number of carbonyl (C=O) groups excluding carboxylic acids is 1. The van der Waals surface area contributed by atoms with E-state index >= 15 is 0 Å². The average molecular weight is 404 g/mol. The molecule has 6 heteroatoms. The van der Waals surface area contributed by atoms with Gasteiger partial charge in [0.05, 0.1) is 23.6 Å². The van der Waals surface area contributed by atoms with E-state index in [2.05, 4.69) is 10.3 Å². The number of aliphatic carboxylic acids is 1. The molecule has 1 aliphatic heterocycles. The van der Waals surface area contributed by atoms with Crippen LogP contribution >= 0.6 is 0 Å². The van der Waals surface area contributed by atoms with E-state index in [0.29, 0.717) is 29.9 Å².